The number of aliphatic hydroxyl groups is 1. The molecule has 0 fully saturated rings. The molecule has 0 aromatic heterocycles. The maximum absolute atomic E-state index is 8.87. The monoisotopic (exact) mass is 258 g/mol. The highest BCUT2D eigenvalue weighted by atomic mass is 16.2. The van der Waals surface area contributed by atoms with Gasteiger partial charge in [0.1, 0.15) is 0 Å². The second-order valence-corrected chi connectivity index (χ2v) is 5.38. The van der Waals surface area contributed by atoms with Crippen molar-refractivity contribution >= 4 is 6.08 Å². The van der Waals surface area contributed by atoms with E-state index in [1.54, 1.807) is 0 Å². The molecule has 0 spiro atoms. The Labute approximate surface area is 117 Å². The molecule has 0 aliphatic heterocycles. The standard InChI is InChI=1S/C18H26O/c1-15(2)7-4-8-16(3)13-18-10-5-9-17(14-18)11-6-12-19/h5,7,9-10,13-14,19H,4,6,8,11-12H2,1-3H3. The van der Waals surface area contributed by atoms with Crippen molar-refractivity contribution in [2.45, 2.75) is 46.5 Å². The molecule has 0 saturated heterocycles. The van der Waals surface area contributed by atoms with Gasteiger partial charge in [-0.3, -0.25) is 0 Å². The zero-order valence-electron chi connectivity index (χ0n) is 12.4. The molecule has 0 heterocycles. The van der Waals surface area contributed by atoms with Crippen molar-refractivity contribution in [2.24, 2.45) is 0 Å². The van der Waals surface area contributed by atoms with Gasteiger partial charge in [-0.1, -0.05) is 47.6 Å². The lowest BCUT2D eigenvalue weighted by Gasteiger charge is -2.03. The molecule has 0 aliphatic carbocycles. The number of rotatable bonds is 7. The van der Waals surface area contributed by atoms with E-state index >= 15 is 0 Å². The largest absolute Gasteiger partial charge is 0.396 e. The van der Waals surface area contributed by atoms with Crippen molar-refractivity contribution in [3.05, 3.63) is 52.6 Å². The molecule has 1 aromatic rings. The van der Waals surface area contributed by atoms with E-state index in [1.165, 1.54) is 22.3 Å². The molecular formula is C18H26O. The number of aryl methyl sites for hydroxylation is 1. The van der Waals surface area contributed by atoms with Gasteiger partial charge in [0.15, 0.2) is 0 Å². The predicted molar refractivity (Wildman–Crippen MR) is 84.2 cm³/mol. The molecule has 0 unspecified atom stereocenters. The van der Waals surface area contributed by atoms with Crippen LogP contribution in [0.1, 0.15) is 51.2 Å². The number of hydrogen-bond acceptors (Lipinski definition) is 1. The Hall–Kier alpha value is -1.34. The summed E-state index contributed by atoms with van der Waals surface area (Å²) in [5.41, 5.74) is 5.38. The Morgan fingerprint density at radius 3 is 2.68 bits per heavy atom. The van der Waals surface area contributed by atoms with E-state index in [1.807, 2.05) is 0 Å². The molecule has 0 bridgehead atoms. The third-order valence-corrected chi connectivity index (χ3v) is 3.08. The van der Waals surface area contributed by atoms with Gasteiger partial charge in [0.2, 0.25) is 0 Å². The Balaban J connectivity index is 2.61. The molecule has 0 aliphatic rings. The van der Waals surface area contributed by atoms with Crippen LogP contribution in [-0.2, 0) is 6.42 Å². The molecular weight excluding hydrogens is 232 g/mol. The molecule has 0 atom stereocenters. The lowest BCUT2D eigenvalue weighted by molar-refractivity contribution is 0.288. The summed E-state index contributed by atoms with van der Waals surface area (Å²) in [6, 6.07) is 8.60. The molecule has 104 valence electrons. The molecule has 1 heteroatoms. The molecule has 0 amide bonds. The fraction of sp³-hybridized carbons (Fsp3) is 0.444. The van der Waals surface area contributed by atoms with Crippen molar-refractivity contribution in [3.63, 3.8) is 0 Å². The third kappa shape index (κ3) is 6.97. The first-order valence-electron chi connectivity index (χ1n) is 7.12. The van der Waals surface area contributed by atoms with Gasteiger partial charge < -0.3 is 5.11 Å². The fourth-order valence-electron chi connectivity index (χ4n) is 2.07. The van der Waals surface area contributed by atoms with Gasteiger partial charge in [-0.2, -0.15) is 0 Å². The van der Waals surface area contributed by atoms with Gasteiger partial charge in [-0.15, -0.1) is 0 Å². The Morgan fingerprint density at radius 1 is 1.21 bits per heavy atom. The molecule has 1 aromatic carbocycles. The van der Waals surface area contributed by atoms with Crippen LogP contribution in [0.5, 0.6) is 0 Å². The zero-order chi connectivity index (χ0) is 14.1. The van der Waals surface area contributed by atoms with Crippen LogP contribution in [0.2, 0.25) is 0 Å². The van der Waals surface area contributed by atoms with E-state index in [2.05, 4.69) is 57.2 Å². The van der Waals surface area contributed by atoms with Crippen LogP contribution in [0.25, 0.3) is 6.08 Å². The van der Waals surface area contributed by atoms with E-state index in [-0.39, 0.29) is 6.61 Å². The number of aliphatic hydroxyl groups excluding tert-OH is 1. The molecule has 1 N–H and O–H groups in total. The van der Waals surface area contributed by atoms with Gasteiger partial charge >= 0.3 is 0 Å². The van der Waals surface area contributed by atoms with E-state index in [4.69, 9.17) is 5.11 Å². The van der Waals surface area contributed by atoms with Gasteiger partial charge in [0.25, 0.3) is 0 Å². The summed E-state index contributed by atoms with van der Waals surface area (Å²) >= 11 is 0. The average Bonchev–Trinajstić information content (AvgIpc) is 2.36. The highest BCUT2D eigenvalue weighted by Gasteiger charge is 1.96. The number of benzene rings is 1. The maximum atomic E-state index is 8.87. The van der Waals surface area contributed by atoms with Crippen LogP contribution in [0, 0.1) is 0 Å². The van der Waals surface area contributed by atoms with Gasteiger partial charge in [-0.25, -0.2) is 0 Å². The maximum Gasteiger partial charge on any atom is 0.0434 e. The van der Waals surface area contributed by atoms with Crippen LogP contribution in [-0.4, -0.2) is 11.7 Å². The molecule has 0 radical (unpaired) electrons. The highest BCUT2D eigenvalue weighted by Crippen LogP contribution is 2.14. The summed E-state index contributed by atoms with van der Waals surface area (Å²) < 4.78 is 0. The average molecular weight is 258 g/mol. The van der Waals surface area contributed by atoms with Crippen LogP contribution in [0.4, 0.5) is 0 Å². The zero-order valence-corrected chi connectivity index (χ0v) is 12.4. The summed E-state index contributed by atoms with van der Waals surface area (Å²) in [6.07, 6.45) is 8.58. The van der Waals surface area contributed by atoms with Gasteiger partial charge in [0, 0.05) is 6.61 Å². The van der Waals surface area contributed by atoms with Crippen molar-refractivity contribution in [1.82, 2.24) is 0 Å². The van der Waals surface area contributed by atoms with Crippen molar-refractivity contribution < 1.29 is 5.11 Å². The van der Waals surface area contributed by atoms with Crippen LogP contribution in [0.3, 0.4) is 0 Å². The Bertz CT molecular complexity index is 437. The van der Waals surface area contributed by atoms with Crippen LogP contribution >= 0.6 is 0 Å². The topological polar surface area (TPSA) is 20.2 Å². The third-order valence-electron chi connectivity index (χ3n) is 3.08. The van der Waals surface area contributed by atoms with Crippen LogP contribution < -0.4 is 0 Å². The first-order chi connectivity index (χ1) is 9.11. The van der Waals surface area contributed by atoms with E-state index in [0.29, 0.717) is 0 Å². The van der Waals surface area contributed by atoms with Crippen molar-refractivity contribution in [2.75, 3.05) is 6.61 Å². The van der Waals surface area contributed by atoms with Crippen molar-refractivity contribution in [3.8, 4) is 0 Å². The minimum Gasteiger partial charge on any atom is -0.396 e. The van der Waals surface area contributed by atoms with Crippen molar-refractivity contribution in [1.29, 1.82) is 0 Å². The molecule has 0 saturated carbocycles. The van der Waals surface area contributed by atoms with Gasteiger partial charge in [0.05, 0.1) is 0 Å². The smallest absolute Gasteiger partial charge is 0.0434 e. The summed E-state index contributed by atoms with van der Waals surface area (Å²) in [6.45, 7) is 6.74. The number of allylic oxidation sites excluding steroid dienone is 3. The SMILES string of the molecule is CC(C)=CCCC(C)=Cc1cccc(CCCO)c1. The summed E-state index contributed by atoms with van der Waals surface area (Å²) in [5, 5.41) is 8.87. The number of hydrogen-bond donors (Lipinski definition) is 1. The summed E-state index contributed by atoms with van der Waals surface area (Å²) in [7, 11) is 0. The van der Waals surface area contributed by atoms with Crippen LogP contribution in [0.15, 0.2) is 41.5 Å². The summed E-state index contributed by atoms with van der Waals surface area (Å²) in [5.74, 6) is 0. The lowest BCUT2D eigenvalue weighted by atomic mass is 10.0. The van der Waals surface area contributed by atoms with E-state index < -0.39 is 0 Å². The minimum absolute atomic E-state index is 0.266. The Kier molecular flexibility index (Phi) is 7.20. The first kappa shape index (κ1) is 15.7. The quantitative estimate of drug-likeness (QED) is 0.699. The van der Waals surface area contributed by atoms with E-state index in [9.17, 15) is 0 Å². The molecule has 19 heavy (non-hydrogen) atoms. The van der Waals surface area contributed by atoms with E-state index in [0.717, 1.165) is 25.7 Å². The second-order valence-electron chi connectivity index (χ2n) is 5.38. The first-order valence-corrected chi connectivity index (χ1v) is 7.12. The fourth-order valence-corrected chi connectivity index (χ4v) is 2.07. The Morgan fingerprint density at radius 2 is 2.00 bits per heavy atom. The highest BCUT2D eigenvalue weighted by molar-refractivity contribution is 5.53. The normalized spacial score (nSPS) is 11.5. The minimum atomic E-state index is 0.266. The molecule has 1 rings (SSSR count). The lowest BCUT2D eigenvalue weighted by Crippen LogP contribution is -1.89. The van der Waals surface area contributed by atoms with Gasteiger partial charge in [-0.05, 0) is 57.6 Å². The molecule has 1 nitrogen and oxygen atoms in total. The summed E-state index contributed by atoms with van der Waals surface area (Å²) in [4.78, 5) is 0. The second kappa shape index (κ2) is 8.71. The predicted octanol–water partition coefficient (Wildman–Crippen LogP) is 4.76.